The molecule has 7 heteroatoms. The van der Waals surface area contributed by atoms with Gasteiger partial charge in [0.15, 0.2) is 5.11 Å². The summed E-state index contributed by atoms with van der Waals surface area (Å²) in [6.07, 6.45) is -4.37. The molecule has 112 valence electrons. The van der Waals surface area contributed by atoms with Gasteiger partial charge in [0.25, 0.3) is 0 Å². The summed E-state index contributed by atoms with van der Waals surface area (Å²) in [5.74, 6) is 0. The van der Waals surface area contributed by atoms with E-state index in [4.69, 9.17) is 17.0 Å². The number of halogens is 3. The van der Waals surface area contributed by atoms with Gasteiger partial charge in [-0.1, -0.05) is 6.07 Å². The fraction of sp³-hybridized carbons (Fsp3) is 0.462. The van der Waals surface area contributed by atoms with E-state index in [1.807, 2.05) is 6.92 Å². The van der Waals surface area contributed by atoms with Crippen LogP contribution in [0.4, 0.5) is 18.9 Å². The third kappa shape index (κ3) is 4.97. The molecule has 0 radical (unpaired) electrons. The predicted molar refractivity (Wildman–Crippen MR) is 76.9 cm³/mol. The van der Waals surface area contributed by atoms with Crippen LogP contribution in [-0.4, -0.2) is 24.9 Å². The van der Waals surface area contributed by atoms with Gasteiger partial charge in [-0.3, -0.25) is 0 Å². The minimum Gasteiger partial charge on any atom is -0.383 e. The Morgan fingerprint density at radius 3 is 2.60 bits per heavy atom. The van der Waals surface area contributed by atoms with Crippen molar-refractivity contribution >= 4 is 23.0 Å². The van der Waals surface area contributed by atoms with Gasteiger partial charge in [-0.2, -0.15) is 13.2 Å². The smallest absolute Gasteiger partial charge is 0.383 e. The van der Waals surface area contributed by atoms with Crippen molar-refractivity contribution in [2.75, 3.05) is 19.0 Å². The van der Waals surface area contributed by atoms with Gasteiger partial charge in [0, 0.05) is 18.8 Å². The molecule has 0 heterocycles. The van der Waals surface area contributed by atoms with Crippen LogP contribution in [0, 0.1) is 6.92 Å². The number of rotatable bonds is 4. The molecule has 1 rings (SSSR count). The Morgan fingerprint density at radius 2 is 2.05 bits per heavy atom. The van der Waals surface area contributed by atoms with E-state index >= 15 is 0 Å². The van der Waals surface area contributed by atoms with Gasteiger partial charge >= 0.3 is 6.18 Å². The molecule has 0 aliphatic rings. The SMILES string of the molecule is COCC(C)NC(=S)Nc1cc(C(F)(F)F)ccc1C. The van der Waals surface area contributed by atoms with Crippen LogP contribution in [0.5, 0.6) is 0 Å². The minimum absolute atomic E-state index is 0.0360. The number of hydrogen-bond acceptors (Lipinski definition) is 2. The molecule has 1 aromatic carbocycles. The van der Waals surface area contributed by atoms with Gasteiger partial charge < -0.3 is 15.4 Å². The largest absolute Gasteiger partial charge is 0.416 e. The zero-order valence-electron chi connectivity index (χ0n) is 11.5. The Kier molecular flexibility index (Phi) is 5.76. The Bertz CT molecular complexity index is 477. The molecule has 0 saturated heterocycles. The van der Waals surface area contributed by atoms with Gasteiger partial charge in [-0.25, -0.2) is 0 Å². The molecule has 1 atom stereocenters. The van der Waals surface area contributed by atoms with Crippen LogP contribution in [0.3, 0.4) is 0 Å². The number of aryl methyl sites for hydroxylation is 1. The second-order valence-corrected chi connectivity index (χ2v) is 4.89. The molecule has 1 unspecified atom stereocenters. The maximum Gasteiger partial charge on any atom is 0.416 e. The molecular weight excluding hydrogens is 289 g/mol. The van der Waals surface area contributed by atoms with E-state index in [9.17, 15) is 13.2 Å². The highest BCUT2D eigenvalue weighted by atomic mass is 32.1. The number of methoxy groups -OCH3 is 1. The minimum atomic E-state index is -4.37. The van der Waals surface area contributed by atoms with Crippen LogP contribution >= 0.6 is 12.2 Å². The zero-order chi connectivity index (χ0) is 15.3. The molecule has 0 aliphatic heterocycles. The molecule has 0 fully saturated rings. The number of alkyl halides is 3. The van der Waals surface area contributed by atoms with Crippen LogP contribution in [0.1, 0.15) is 18.1 Å². The quantitative estimate of drug-likeness (QED) is 0.836. The number of hydrogen-bond donors (Lipinski definition) is 2. The van der Waals surface area contributed by atoms with Gasteiger partial charge in [0.2, 0.25) is 0 Å². The van der Waals surface area contributed by atoms with Crippen LogP contribution < -0.4 is 10.6 Å². The number of ether oxygens (including phenoxy) is 1. The first-order valence-electron chi connectivity index (χ1n) is 5.98. The highest BCUT2D eigenvalue weighted by molar-refractivity contribution is 7.80. The second-order valence-electron chi connectivity index (χ2n) is 4.48. The van der Waals surface area contributed by atoms with Crippen LogP contribution in [-0.2, 0) is 10.9 Å². The number of anilines is 1. The van der Waals surface area contributed by atoms with E-state index in [0.717, 1.165) is 12.1 Å². The summed E-state index contributed by atoms with van der Waals surface area (Å²) >= 11 is 5.06. The lowest BCUT2D eigenvalue weighted by molar-refractivity contribution is -0.137. The van der Waals surface area contributed by atoms with E-state index in [1.165, 1.54) is 6.07 Å². The highest BCUT2D eigenvalue weighted by Gasteiger charge is 2.30. The van der Waals surface area contributed by atoms with Crippen molar-refractivity contribution in [1.82, 2.24) is 5.32 Å². The molecule has 20 heavy (non-hydrogen) atoms. The van der Waals surface area contributed by atoms with Crippen molar-refractivity contribution in [1.29, 1.82) is 0 Å². The van der Waals surface area contributed by atoms with E-state index < -0.39 is 11.7 Å². The highest BCUT2D eigenvalue weighted by Crippen LogP contribution is 2.31. The molecular formula is C13H17F3N2OS. The van der Waals surface area contributed by atoms with E-state index in [0.29, 0.717) is 17.9 Å². The van der Waals surface area contributed by atoms with Crippen molar-refractivity contribution < 1.29 is 17.9 Å². The summed E-state index contributed by atoms with van der Waals surface area (Å²) in [6.45, 7) is 4.02. The third-order valence-electron chi connectivity index (χ3n) is 2.61. The molecule has 0 saturated carbocycles. The summed E-state index contributed by atoms with van der Waals surface area (Å²) in [7, 11) is 1.56. The fourth-order valence-electron chi connectivity index (χ4n) is 1.61. The summed E-state index contributed by atoms with van der Waals surface area (Å²) in [6, 6.07) is 3.47. The van der Waals surface area contributed by atoms with E-state index in [-0.39, 0.29) is 11.2 Å². The summed E-state index contributed by atoms with van der Waals surface area (Å²) in [5.41, 5.74) is 0.307. The van der Waals surface area contributed by atoms with Gasteiger partial charge in [-0.15, -0.1) is 0 Å². The Balaban J connectivity index is 2.79. The molecule has 1 aromatic rings. The third-order valence-corrected chi connectivity index (χ3v) is 2.83. The number of benzene rings is 1. The first-order chi connectivity index (χ1) is 9.24. The topological polar surface area (TPSA) is 33.3 Å². The molecule has 0 aliphatic carbocycles. The molecule has 0 amide bonds. The zero-order valence-corrected chi connectivity index (χ0v) is 12.3. The van der Waals surface area contributed by atoms with E-state index in [1.54, 1.807) is 14.0 Å². The normalized spacial score (nSPS) is 12.9. The maximum atomic E-state index is 12.7. The predicted octanol–water partition coefficient (Wildman–Crippen LogP) is 3.34. The standard InChI is InChI=1S/C13H17F3N2OS/c1-8-4-5-10(13(14,15)16)6-11(8)18-12(20)17-9(2)7-19-3/h4-6,9H,7H2,1-3H3,(H2,17,18,20). The first-order valence-corrected chi connectivity index (χ1v) is 6.39. The van der Waals surface area contributed by atoms with Crippen molar-refractivity contribution in [2.45, 2.75) is 26.1 Å². The van der Waals surface area contributed by atoms with E-state index in [2.05, 4.69) is 10.6 Å². The van der Waals surface area contributed by atoms with Crippen LogP contribution in [0.25, 0.3) is 0 Å². The second kappa shape index (κ2) is 6.90. The average molecular weight is 306 g/mol. The lowest BCUT2D eigenvalue weighted by atomic mass is 10.1. The maximum absolute atomic E-state index is 12.7. The first kappa shape index (κ1) is 16.7. The molecule has 3 nitrogen and oxygen atoms in total. The van der Waals surface area contributed by atoms with Crippen molar-refractivity contribution in [2.24, 2.45) is 0 Å². The summed E-state index contributed by atoms with van der Waals surface area (Å²) < 4.78 is 42.9. The van der Waals surface area contributed by atoms with Crippen molar-refractivity contribution in [3.05, 3.63) is 29.3 Å². The number of nitrogens with one attached hydrogen (secondary N) is 2. The average Bonchev–Trinajstić information content (AvgIpc) is 2.30. The summed E-state index contributed by atoms with van der Waals surface area (Å²) in [4.78, 5) is 0. The fourth-order valence-corrected chi connectivity index (χ4v) is 1.92. The van der Waals surface area contributed by atoms with Crippen molar-refractivity contribution in [3.63, 3.8) is 0 Å². The monoisotopic (exact) mass is 306 g/mol. The number of thiocarbonyl (C=S) groups is 1. The Labute approximate surface area is 121 Å². The Hall–Kier alpha value is -1.34. The van der Waals surface area contributed by atoms with Crippen LogP contribution in [0.2, 0.25) is 0 Å². The molecule has 0 spiro atoms. The van der Waals surface area contributed by atoms with Gasteiger partial charge in [-0.05, 0) is 43.8 Å². The lowest BCUT2D eigenvalue weighted by Gasteiger charge is -2.18. The Morgan fingerprint density at radius 1 is 1.40 bits per heavy atom. The lowest BCUT2D eigenvalue weighted by Crippen LogP contribution is -2.38. The van der Waals surface area contributed by atoms with Gasteiger partial charge in [0.1, 0.15) is 0 Å². The van der Waals surface area contributed by atoms with Gasteiger partial charge in [0.05, 0.1) is 12.2 Å². The molecule has 0 bridgehead atoms. The van der Waals surface area contributed by atoms with Crippen molar-refractivity contribution in [3.8, 4) is 0 Å². The summed E-state index contributed by atoms with van der Waals surface area (Å²) in [5, 5.41) is 5.97. The molecule has 2 N–H and O–H groups in total. The molecule has 0 aromatic heterocycles. The van der Waals surface area contributed by atoms with Crippen LogP contribution in [0.15, 0.2) is 18.2 Å².